The van der Waals surface area contributed by atoms with E-state index in [9.17, 15) is 9.59 Å². The average molecular weight is 425 g/mol. The van der Waals surface area contributed by atoms with Gasteiger partial charge in [0, 0.05) is 16.5 Å². The van der Waals surface area contributed by atoms with Gasteiger partial charge in [-0.05, 0) is 67.6 Å². The number of fused-ring (bicyclic) bond motifs is 3. The van der Waals surface area contributed by atoms with Crippen molar-refractivity contribution in [1.29, 1.82) is 0 Å². The third-order valence-corrected chi connectivity index (χ3v) is 6.39. The number of carbonyl (C=O) groups excluding carboxylic acids is 2. The van der Waals surface area contributed by atoms with Crippen LogP contribution in [-0.4, -0.2) is 17.9 Å². The Hall–Kier alpha value is -2.63. The molecule has 2 amide bonds. The van der Waals surface area contributed by atoms with Crippen LogP contribution in [0, 0.1) is 0 Å². The second-order valence-corrected chi connectivity index (χ2v) is 8.86. The molecule has 0 saturated heterocycles. The molecule has 1 aromatic heterocycles. The van der Waals surface area contributed by atoms with Crippen molar-refractivity contribution in [3.8, 4) is 10.4 Å². The zero-order valence-electron chi connectivity index (χ0n) is 16.2. The van der Waals surface area contributed by atoms with Crippen molar-refractivity contribution >= 4 is 40.4 Å². The minimum absolute atomic E-state index is 0.0246. The third-order valence-electron chi connectivity index (χ3n) is 4.85. The van der Waals surface area contributed by atoms with E-state index in [2.05, 4.69) is 28.8 Å². The molecule has 29 heavy (non-hydrogen) atoms. The Morgan fingerprint density at radius 3 is 2.55 bits per heavy atom. The number of nitrogens with one attached hydrogen (secondary N) is 2. The van der Waals surface area contributed by atoms with E-state index in [1.807, 2.05) is 26.0 Å². The van der Waals surface area contributed by atoms with Gasteiger partial charge in [0.15, 0.2) is 0 Å². The van der Waals surface area contributed by atoms with Crippen LogP contribution >= 0.6 is 22.9 Å². The number of hydrogen-bond donors (Lipinski definition) is 2. The van der Waals surface area contributed by atoms with Crippen LogP contribution in [0.2, 0.25) is 5.02 Å². The Bertz CT molecular complexity index is 1100. The van der Waals surface area contributed by atoms with Gasteiger partial charge < -0.3 is 10.6 Å². The molecule has 0 fully saturated rings. The molecule has 3 aromatic rings. The van der Waals surface area contributed by atoms with Gasteiger partial charge in [0.25, 0.3) is 11.8 Å². The van der Waals surface area contributed by atoms with Gasteiger partial charge in [-0.25, -0.2) is 0 Å². The fraction of sp³-hybridized carbons (Fsp3) is 0.217. The van der Waals surface area contributed by atoms with E-state index < -0.39 is 0 Å². The van der Waals surface area contributed by atoms with Gasteiger partial charge in [0.05, 0.1) is 15.6 Å². The molecule has 1 aliphatic rings. The largest absolute Gasteiger partial charge is 0.350 e. The Kier molecular flexibility index (Phi) is 5.43. The molecule has 0 saturated carbocycles. The molecule has 0 unspecified atom stereocenters. The molecule has 0 bridgehead atoms. The number of halogens is 1. The number of benzene rings is 2. The van der Waals surface area contributed by atoms with Gasteiger partial charge >= 0.3 is 0 Å². The summed E-state index contributed by atoms with van der Waals surface area (Å²) in [6.45, 7) is 3.79. The third kappa shape index (κ3) is 4.07. The summed E-state index contributed by atoms with van der Waals surface area (Å²) < 4.78 is 0. The maximum Gasteiger partial charge on any atom is 0.265 e. The van der Waals surface area contributed by atoms with Crippen molar-refractivity contribution in [3.05, 3.63) is 75.1 Å². The van der Waals surface area contributed by atoms with Crippen LogP contribution in [0.4, 0.5) is 5.69 Å². The summed E-state index contributed by atoms with van der Waals surface area (Å²) in [5.74, 6) is -0.416. The fourth-order valence-corrected chi connectivity index (χ4v) is 4.81. The number of aryl methyl sites for hydroxylation is 2. The standard InChI is InChI=1S/C23H21ClN2O2S/c1-13(2)25-22(27)16-9-10-18(24)19(11-16)26-23(28)20-12-15-8-7-14-5-3-4-6-17(14)21(15)29-20/h3-6,9-13H,7-8H2,1-2H3,(H,25,27)(H,26,28). The molecule has 4 nitrogen and oxygen atoms in total. The van der Waals surface area contributed by atoms with Crippen molar-refractivity contribution < 1.29 is 9.59 Å². The zero-order chi connectivity index (χ0) is 20.5. The second kappa shape index (κ2) is 8.01. The van der Waals surface area contributed by atoms with Crippen LogP contribution in [0.3, 0.4) is 0 Å². The number of carbonyl (C=O) groups is 2. The van der Waals surface area contributed by atoms with E-state index >= 15 is 0 Å². The number of hydrogen-bond acceptors (Lipinski definition) is 3. The Balaban J connectivity index is 1.58. The lowest BCUT2D eigenvalue weighted by Gasteiger charge is -2.15. The minimum Gasteiger partial charge on any atom is -0.350 e. The molecule has 0 spiro atoms. The van der Waals surface area contributed by atoms with E-state index in [-0.39, 0.29) is 17.9 Å². The van der Waals surface area contributed by atoms with Gasteiger partial charge in [-0.1, -0.05) is 35.9 Å². The molecule has 0 atom stereocenters. The fourth-order valence-electron chi connectivity index (χ4n) is 3.48. The van der Waals surface area contributed by atoms with Crippen molar-refractivity contribution in [1.82, 2.24) is 5.32 Å². The number of thiophene rings is 1. The molecule has 2 N–H and O–H groups in total. The number of anilines is 1. The molecule has 2 aromatic carbocycles. The Morgan fingerprint density at radius 2 is 1.76 bits per heavy atom. The SMILES string of the molecule is CC(C)NC(=O)c1ccc(Cl)c(NC(=O)c2cc3c(s2)-c2ccccc2CC3)c1. The predicted molar refractivity (Wildman–Crippen MR) is 119 cm³/mol. The quantitative estimate of drug-likeness (QED) is 0.576. The first-order valence-corrected chi connectivity index (χ1v) is 10.7. The summed E-state index contributed by atoms with van der Waals surface area (Å²) in [6, 6.07) is 15.2. The highest BCUT2D eigenvalue weighted by molar-refractivity contribution is 7.17. The molecule has 6 heteroatoms. The zero-order valence-corrected chi connectivity index (χ0v) is 17.8. The van der Waals surface area contributed by atoms with Crippen LogP contribution in [0.25, 0.3) is 10.4 Å². The summed E-state index contributed by atoms with van der Waals surface area (Å²) in [6.07, 6.45) is 1.92. The highest BCUT2D eigenvalue weighted by Gasteiger charge is 2.22. The maximum atomic E-state index is 12.9. The van der Waals surface area contributed by atoms with Crippen LogP contribution in [-0.2, 0) is 12.8 Å². The first-order valence-electron chi connectivity index (χ1n) is 9.55. The lowest BCUT2D eigenvalue weighted by atomic mass is 9.91. The minimum atomic E-state index is -0.217. The molecule has 0 radical (unpaired) electrons. The Morgan fingerprint density at radius 1 is 1.00 bits per heavy atom. The summed E-state index contributed by atoms with van der Waals surface area (Å²) in [5.41, 5.74) is 4.62. The van der Waals surface area contributed by atoms with E-state index in [4.69, 9.17) is 11.6 Å². The van der Waals surface area contributed by atoms with E-state index in [1.165, 1.54) is 28.0 Å². The average Bonchev–Trinajstić information content (AvgIpc) is 3.14. The lowest BCUT2D eigenvalue weighted by molar-refractivity contribution is 0.0942. The van der Waals surface area contributed by atoms with Gasteiger partial charge in [-0.15, -0.1) is 11.3 Å². The van der Waals surface area contributed by atoms with Crippen LogP contribution < -0.4 is 10.6 Å². The second-order valence-electron chi connectivity index (χ2n) is 7.40. The van der Waals surface area contributed by atoms with Crippen molar-refractivity contribution in [3.63, 3.8) is 0 Å². The molecule has 148 valence electrons. The lowest BCUT2D eigenvalue weighted by Crippen LogP contribution is -2.30. The van der Waals surface area contributed by atoms with Crippen LogP contribution in [0.1, 0.15) is 45.0 Å². The highest BCUT2D eigenvalue weighted by atomic mass is 35.5. The van der Waals surface area contributed by atoms with Gasteiger partial charge in [0.1, 0.15) is 0 Å². The van der Waals surface area contributed by atoms with Crippen LogP contribution in [0.15, 0.2) is 48.5 Å². The summed E-state index contributed by atoms with van der Waals surface area (Å²) in [7, 11) is 0. The van der Waals surface area contributed by atoms with Crippen molar-refractivity contribution in [2.75, 3.05) is 5.32 Å². The molecule has 0 aliphatic heterocycles. The van der Waals surface area contributed by atoms with Crippen molar-refractivity contribution in [2.45, 2.75) is 32.7 Å². The first kappa shape index (κ1) is 19.7. The first-order chi connectivity index (χ1) is 13.9. The summed E-state index contributed by atoms with van der Waals surface area (Å²) in [4.78, 5) is 27.0. The number of rotatable bonds is 4. The number of amides is 2. The summed E-state index contributed by atoms with van der Waals surface area (Å²) >= 11 is 7.76. The molecule has 4 rings (SSSR count). The van der Waals surface area contributed by atoms with E-state index in [0.717, 1.165) is 17.7 Å². The van der Waals surface area contributed by atoms with E-state index in [1.54, 1.807) is 18.2 Å². The normalized spacial score (nSPS) is 12.3. The Labute approximate surface area is 178 Å². The maximum absolute atomic E-state index is 12.9. The van der Waals surface area contributed by atoms with Gasteiger partial charge in [-0.3, -0.25) is 9.59 Å². The van der Waals surface area contributed by atoms with Gasteiger partial charge in [-0.2, -0.15) is 0 Å². The smallest absolute Gasteiger partial charge is 0.265 e. The molecule has 1 aliphatic carbocycles. The predicted octanol–water partition coefficient (Wildman–Crippen LogP) is 5.56. The van der Waals surface area contributed by atoms with Gasteiger partial charge in [0.2, 0.25) is 0 Å². The summed E-state index contributed by atoms with van der Waals surface area (Å²) in [5, 5.41) is 6.10. The van der Waals surface area contributed by atoms with Crippen LogP contribution in [0.5, 0.6) is 0 Å². The van der Waals surface area contributed by atoms with Crippen molar-refractivity contribution in [2.24, 2.45) is 0 Å². The monoisotopic (exact) mass is 424 g/mol. The molecular weight excluding hydrogens is 404 g/mol. The van der Waals surface area contributed by atoms with E-state index in [0.29, 0.717) is 21.2 Å². The topological polar surface area (TPSA) is 58.2 Å². The molecular formula is C23H21ClN2O2S. The highest BCUT2D eigenvalue weighted by Crippen LogP contribution is 2.39. The molecule has 1 heterocycles.